The lowest BCUT2D eigenvalue weighted by Crippen LogP contribution is -2.07. The standard InChI is InChI=1S/C9H6ClF2NO4/c1-4(14)6-2-5(13(15)16)3-7(10)8(6)17-9(11)12/h2-3,9H,1H3. The van der Waals surface area contributed by atoms with Crippen LogP contribution in [0.5, 0.6) is 5.75 Å². The molecule has 5 nitrogen and oxygen atoms in total. The van der Waals surface area contributed by atoms with E-state index in [1.807, 2.05) is 0 Å². The Bertz CT molecular complexity index is 478. The van der Waals surface area contributed by atoms with Crippen LogP contribution in [0.1, 0.15) is 17.3 Å². The quantitative estimate of drug-likeness (QED) is 0.477. The number of Topliss-reactive ketones (excluding diaryl/α,β-unsaturated/α-hetero) is 1. The summed E-state index contributed by atoms with van der Waals surface area (Å²) in [6.45, 7) is -2.11. The van der Waals surface area contributed by atoms with Crippen LogP contribution in [0.2, 0.25) is 5.02 Å². The molecule has 1 rings (SSSR count). The van der Waals surface area contributed by atoms with Gasteiger partial charge < -0.3 is 4.74 Å². The van der Waals surface area contributed by atoms with Gasteiger partial charge in [-0.3, -0.25) is 14.9 Å². The van der Waals surface area contributed by atoms with Crippen molar-refractivity contribution in [2.45, 2.75) is 13.5 Å². The molecular formula is C9H6ClF2NO4. The molecular weight excluding hydrogens is 260 g/mol. The zero-order valence-corrected chi connectivity index (χ0v) is 9.20. The van der Waals surface area contributed by atoms with Crippen molar-refractivity contribution in [2.24, 2.45) is 0 Å². The predicted molar refractivity (Wildman–Crippen MR) is 54.7 cm³/mol. The third-order valence-corrected chi connectivity index (χ3v) is 2.11. The van der Waals surface area contributed by atoms with E-state index in [0.29, 0.717) is 0 Å². The van der Waals surface area contributed by atoms with Gasteiger partial charge in [-0.1, -0.05) is 11.6 Å². The van der Waals surface area contributed by atoms with E-state index in [9.17, 15) is 23.7 Å². The number of nitro benzene ring substituents is 1. The maximum absolute atomic E-state index is 12.1. The van der Waals surface area contributed by atoms with Crippen LogP contribution >= 0.6 is 11.6 Å². The number of ether oxygens (including phenoxy) is 1. The van der Waals surface area contributed by atoms with Crippen molar-refractivity contribution in [1.29, 1.82) is 0 Å². The molecule has 1 aromatic rings. The highest BCUT2D eigenvalue weighted by molar-refractivity contribution is 6.33. The molecule has 0 bridgehead atoms. The number of hydrogen-bond donors (Lipinski definition) is 0. The fourth-order valence-electron chi connectivity index (χ4n) is 1.15. The van der Waals surface area contributed by atoms with E-state index >= 15 is 0 Å². The Morgan fingerprint density at radius 2 is 2.12 bits per heavy atom. The zero-order valence-electron chi connectivity index (χ0n) is 8.45. The number of ketones is 1. The number of carbonyl (C=O) groups excluding carboxylic acids is 1. The third kappa shape index (κ3) is 3.10. The highest BCUT2D eigenvalue weighted by Gasteiger charge is 2.21. The van der Waals surface area contributed by atoms with Gasteiger partial charge in [0.25, 0.3) is 5.69 Å². The normalized spacial score (nSPS) is 10.4. The molecule has 0 spiro atoms. The monoisotopic (exact) mass is 265 g/mol. The molecule has 0 heterocycles. The van der Waals surface area contributed by atoms with Crippen molar-refractivity contribution in [3.05, 3.63) is 32.8 Å². The van der Waals surface area contributed by atoms with E-state index in [0.717, 1.165) is 19.1 Å². The maximum atomic E-state index is 12.1. The van der Waals surface area contributed by atoms with Gasteiger partial charge in [0.1, 0.15) is 0 Å². The summed E-state index contributed by atoms with van der Waals surface area (Å²) in [5, 5.41) is 10.1. The van der Waals surface area contributed by atoms with E-state index in [1.165, 1.54) is 0 Å². The number of rotatable bonds is 4. The average Bonchev–Trinajstić information content (AvgIpc) is 2.19. The Balaban J connectivity index is 3.38. The van der Waals surface area contributed by atoms with Gasteiger partial charge >= 0.3 is 6.61 Å². The molecule has 0 saturated heterocycles. The van der Waals surface area contributed by atoms with Gasteiger partial charge in [0.2, 0.25) is 0 Å². The van der Waals surface area contributed by atoms with Crippen LogP contribution in [-0.2, 0) is 0 Å². The van der Waals surface area contributed by atoms with Crippen LogP contribution in [0.4, 0.5) is 14.5 Å². The van der Waals surface area contributed by atoms with Gasteiger partial charge in [0.15, 0.2) is 11.5 Å². The van der Waals surface area contributed by atoms with Gasteiger partial charge in [0, 0.05) is 12.1 Å². The van der Waals surface area contributed by atoms with Crippen molar-refractivity contribution in [2.75, 3.05) is 0 Å². The molecule has 0 aliphatic carbocycles. The Morgan fingerprint density at radius 3 is 2.53 bits per heavy atom. The number of hydrogen-bond acceptors (Lipinski definition) is 4. The molecule has 0 aliphatic rings. The van der Waals surface area contributed by atoms with E-state index in [4.69, 9.17) is 11.6 Å². The van der Waals surface area contributed by atoms with Crippen LogP contribution in [0.25, 0.3) is 0 Å². The number of alkyl halides is 2. The molecule has 0 amide bonds. The van der Waals surface area contributed by atoms with Crippen LogP contribution in [0.3, 0.4) is 0 Å². The molecule has 0 radical (unpaired) electrons. The molecule has 0 saturated carbocycles. The minimum atomic E-state index is -3.17. The highest BCUT2D eigenvalue weighted by Crippen LogP contribution is 2.34. The van der Waals surface area contributed by atoms with Crippen molar-refractivity contribution in [1.82, 2.24) is 0 Å². The van der Waals surface area contributed by atoms with E-state index in [1.54, 1.807) is 0 Å². The average molecular weight is 266 g/mol. The second-order valence-electron chi connectivity index (χ2n) is 3.00. The first-order chi connectivity index (χ1) is 7.82. The van der Waals surface area contributed by atoms with Crippen LogP contribution in [-0.4, -0.2) is 17.3 Å². The molecule has 0 aliphatic heterocycles. The Hall–Kier alpha value is -1.76. The van der Waals surface area contributed by atoms with Crippen LogP contribution in [0.15, 0.2) is 12.1 Å². The molecule has 1 aromatic carbocycles. The van der Waals surface area contributed by atoms with Crippen LogP contribution < -0.4 is 4.74 Å². The predicted octanol–water partition coefficient (Wildman–Crippen LogP) is 3.05. The summed E-state index contributed by atoms with van der Waals surface area (Å²) >= 11 is 5.55. The topological polar surface area (TPSA) is 69.4 Å². The first-order valence-electron chi connectivity index (χ1n) is 4.26. The van der Waals surface area contributed by atoms with Crippen molar-refractivity contribution in [3.8, 4) is 5.75 Å². The number of carbonyl (C=O) groups is 1. The van der Waals surface area contributed by atoms with Crippen molar-refractivity contribution in [3.63, 3.8) is 0 Å². The number of nitro groups is 1. The lowest BCUT2D eigenvalue weighted by atomic mass is 10.1. The summed E-state index contributed by atoms with van der Waals surface area (Å²) in [6.07, 6.45) is 0. The van der Waals surface area contributed by atoms with E-state index < -0.39 is 33.8 Å². The highest BCUT2D eigenvalue weighted by atomic mass is 35.5. The van der Waals surface area contributed by atoms with Crippen molar-refractivity contribution < 1.29 is 23.2 Å². The summed E-state index contributed by atoms with van der Waals surface area (Å²) < 4.78 is 28.2. The largest absolute Gasteiger partial charge is 0.432 e. The molecule has 0 atom stereocenters. The molecule has 8 heteroatoms. The summed E-state index contributed by atoms with van der Waals surface area (Å²) in [5.41, 5.74) is -0.827. The van der Waals surface area contributed by atoms with Crippen molar-refractivity contribution >= 4 is 23.1 Å². The van der Waals surface area contributed by atoms with E-state index in [-0.39, 0.29) is 5.56 Å². The fraction of sp³-hybridized carbons (Fsp3) is 0.222. The summed E-state index contributed by atoms with van der Waals surface area (Å²) in [4.78, 5) is 20.9. The molecule has 0 unspecified atom stereocenters. The summed E-state index contributed by atoms with van der Waals surface area (Å²) in [7, 11) is 0. The molecule has 17 heavy (non-hydrogen) atoms. The number of non-ortho nitro benzene ring substituents is 1. The van der Waals surface area contributed by atoms with E-state index in [2.05, 4.69) is 4.74 Å². The van der Waals surface area contributed by atoms with Gasteiger partial charge in [-0.05, 0) is 6.92 Å². The SMILES string of the molecule is CC(=O)c1cc([N+](=O)[O-])cc(Cl)c1OC(F)F. The number of benzene rings is 1. The van der Waals surface area contributed by atoms with Gasteiger partial charge in [0.05, 0.1) is 15.5 Å². The smallest absolute Gasteiger partial charge is 0.387 e. The molecule has 0 aromatic heterocycles. The maximum Gasteiger partial charge on any atom is 0.387 e. The number of nitrogens with zero attached hydrogens (tertiary/aromatic N) is 1. The lowest BCUT2D eigenvalue weighted by Gasteiger charge is -2.10. The third-order valence-electron chi connectivity index (χ3n) is 1.83. The summed E-state index contributed by atoms with van der Waals surface area (Å²) in [6, 6.07) is 1.68. The molecule has 92 valence electrons. The fourth-order valence-corrected chi connectivity index (χ4v) is 1.41. The van der Waals surface area contributed by atoms with Gasteiger partial charge in [-0.15, -0.1) is 0 Å². The second-order valence-corrected chi connectivity index (χ2v) is 3.40. The second kappa shape index (κ2) is 5.05. The zero-order chi connectivity index (χ0) is 13.2. The molecule has 0 fully saturated rings. The first-order valence-corrected chi connectivity index (χ1v) is 4.64. The van der Waals surface area contributed by atoms with Gasteiger partial charge in [-0.25, -0.2) is 0 Å². The summed E-state index contributed by atoms with van der Waals surface area (Å²) in [5.74, 6) is -1.22. The number of halogens is 3. The minimum absolute atomic E-state index is 0.357. The van der Waals surface area contributed by atoms with Crippen LogP contribution in [0, 0.1) is 10.1 Å². The Kier molecular flexibility index (Phi) is 3.95. The Morgan fingerprint density at radius 1 is 1.53 bits per heavy atom. The Labute approximate surface area is 99.1 Å². The minimum Gasteiger partial charge on any atom is -0.432 e. The first kappa shape index (κ1) is 13.3. The van der Waals surface area contributed by atoms with Gasteiger partial charge in [-0.2, -0.15) is 8.78 Å². The molecule has 0 N–H and O–H groups in total. The lowest BCUT2D eigenvalue weighted by molar-refractivity contribution is -0.384.